The largest absolute Gasteiger partial charge is 0.380 e. The van der Waals surface area contributed by atoms with Gasteiger partial charge in [-0.2, -0.15) is 0 Å². The number of hydrogen-bond acceptors (Lipinski definition) is 3. The summed E-state index contributed by atoms with van der Waals surface area (Å²) in [5.74, 6) is -3.89. The van der Waals surface area contributed by atoms with Crippen LogP contribution >= 0.6 is 15.9 Å². The lowest BCUT2D eigenvalue weighted by Gasteiger charge is -2.38. The molecular weight excluding hydrogens is 477 g/mol. The van der Waals surface area contributed by atoms with Crippen molar-refractivity contribution in [2.75, 3.05) is 26.3 Å². The highest BCUT2D eigenvalue weighted by atomic mass is 79.9. The first kappa shape index (κ1) is 21.2. The zero-order chi connectivity index (χ0) is 22.0. The van der Waals surface area contributed by atoms with Gasteiger partial charge in [-0.15, -0.1) is 0 Å². The number of carbonyl (C=O) groups is 2. The van der Waals surface area contributed by atoms with Crippen molar-refractivity contribution in [3.05, 3.63) is 34.1 Å². The summed E-state index contributed by atoms with van der Waals surface area (Å²) < 4.78 is 47.2. The van der Waals surface area contributed by atoms with Crippen molar-refractivity contribution in [3.8, 4) is 0 Å². The molecule has 1 N–H and O–H groups in total. The van der Waals surface area contributed by atoms with Gasteiger partial charge in [0.25, 0.3) is 5.92 Å². The van der Waals surface area contributed by atoms with E-state index in [2.05, 4.69) is 21.2 Å². The molecule has 0 aromatic heterocycles. The Morgan fingerprint density at radius 1 is 1.16 bits per heavy atom. The second kappa shape index (κ2) is 7.20. The van der Waals surface area contributed by atoms with Crippen LogP contribution in [0.1, 0.15) is 37.7 Å². The van der Waals surface area contributed by atoms with E-state index in [0.717, 1.165) is 0 Å². The van der Waals surface area contributed by atoms with Crippen molar-refractivity contribution in [2.45, 2.75) is 49.5 Å². The van der Waals surface area contributed by atoms with E-state index in [4.69, 9.17) is 4.74 Å². The number of ether oxygens (including phenoxy) is 1. The first-order valence-corrected chi connectivity index (χ1v) is 11.5. The lowest BCUT2D eigenvalue weighted by molar-refractivity contribution is -0.146. The zero-order valence-electron chi connectivity index (χ0n) is 16.9. The summed E-state index contributed by atoms with van der Waals surface area (Å²) in [7, 11) is 0. The van der Waals surface area contributed by atoms with Gasteiger partial charge in [0.15, 0.2) is 0 Å². The molecule has 4 fully saturated rings. The van der Waals surface area contributed by atoms with Crippen molar-refractivity contribution in [2.24, 2.45) is 11.3 Å². The molecule has 31 heavy (non-hydrogen) atoms. The predicted molar refractivity (Wildman–Crippen MR) is 109 cm³/mol. The number of alkyl halides is 2. The maximum Gasteiger partial charge on any atom is 0.254 e. The van der Waals surface area contributed by atoms with Crippen LogP contribution in [0.3, 0.4) is 0 Å². The standard InChI is InChI=1S/C22H24BrF3N2O3/c23-15-2-1-14(9-16(15)24)21(3-4-21)17(27-18(29)13-10-31-11-13)19(30)28-7-5-20(6-8-28)12-22(20,25)26/h1-2,9,13,17H,3-8,10-12H2,(H,27,29)/t17-/m0/s1. The molecule has 2 heterocycles. The Morgan fingerprint density at radius 3 is 2.29 bits per heavy atom. The van der Waals surface area contributed by atoms with Gasteiger partial charge in [-0.1, -0.05) is 6.07 Å². The molecule has 0 unspecified atom stereocenters. The highest BCUT2D eigenvalue weighted by Crippen LogP contribution is 2.66. The summed E-state index contributed by atoms with van der Waals surface area (Å²) in [4.78, 5) is 27.9. The number of hydrogen-bond donors (Lipinski definition) is 1. The van der Waals surface area contributed by atoms with E-state index in [-0.39, 0.29) is 50.1 Å². The van der Waals surface area contributed by atoms with Gasteiger partial charge >= 0.3 is 0 Å². The molecule has 1 atom stereocenters. The van der Waals surface area contributed by atoms with E-state index >= 15 is 0 Å². The SMILES string of the molecule is O=C(N[C@@H](C(=O)N1CCC2(CC1)CC2(F)F)C1(c2ccc(Br)c(F)c2)CC1)C1COC1. The summed E-state index contributed by atoms with van der Waals surface area (Å²) in [6, 6.07) is 3.93. The van der Waals surface area contributed by atoms with Crippen LogP contribution in [0.2, 0.25) is 0 Å². The Labute approximate surface area is 186 Å². The molecule has 5 nitrogen and oxygen atoms in total. The fourth-order valence-corrected chi connectivity index (χ4v) is 5.28. The van der Waals surface area contributed by atoms with Gasteiger partial charge in [0, 0.05) is 30.3 Å². The van der Waals surface area contributed by atoms with Gasteiger partial charge in [0.2, 0.25) is 11.8 Å². The van der Waals surface area contributed by atoms with Crippen LogP contribution in [-0.4, -0.2) is 55.0 Å². The van der Waals surface area contributed by atoms with Crippen LogP contribution in [0.4, 0.5) is 13.2 Å². The highest BCUT2D eigenvalue weighted by molar-refractivity contribution is 9.10. The third kappa shape index (κ3) is 3.48. The minimum absolute atomic E-state index is 0.105. The first-order chi connectivity index (χ1) is 14.7. The quantitative estimate of drug-likeness (QED) is 0.673. The number of nitrogens with one attached hydrogen (secondary N) is 1. The minimum Gasteiger partial charge on any atom is -0.380 e. The number of carbonyl (C=O) groups excluding carboxylic acids is 2. The van der Waals surface area contributed by atoms with Gasteiger partial charge < -0.3 is 15.0 Å². The normalized spacial score (nSPS) is 26.1. The zero-order valence-corrected chi connectivity index (χ0v) is 18.5. The topological polar surface area (TPSA) is 58.6 Å². The predicted octanol–water partition coefficient (Wildman–Crippen LogP) is 3.40. The Morgan fingerprint density at radius 2 is 1.81 bits per heavy atom. The smallest absolute Gasteiger partial charge is 0.254 e. The fraction of sp³-hybridized carbons (Fsp3) is 0.636. The average molecular weight is 501 g/mol. The second-order valence-electron chi connectivity index (χ2n) is 9.45. The van der Waals surface area contributed by atoms with Crippen LogP contribution in [0.15, 0.2) is 22.7 Å². The highest BCUT2D eigenvalue weighted by Gasteiger charge is 2.71. The Balaban J connectivity index is 1.38. The molecule has 2 amide bonds. The van der Waals surface area contributed by atoms with Crippen molar-refractivity contribution in [3.63, 3.8) is 0 Å². The number of likely N-dealkylation sites (tertiary alicyclic amines) is 1. The lowest BCUT2D eigenvalue weighted by atomic mass is 9.85. The molecule has 0 radical (unpaired) electrons. The van der Waals surface area contributed by atoms with Crippen molar-refractivity contribution < 1.29 is 27.5 Å². The summed E-state index contributed by atoms with van der Waals surface area (Å²) in [5.41, 5.74) is -0.978. The molecule has 2 saturated carbocycles. The number of rotatable bonds is 5. The van der Waals surface area contributed by atoms with Crippen LogP contribution in [0, 0.1) is 17.2 Å². The van der Waals surface area contributed by atoms with Crippen molar-refractivity contribution in [1.82, 2.24) is 10.2 Å². The van der Waals surface area contributed by atoms with E-state index in [0.29, 0.717) is 36.1 Å². The maximum absolute atomic E-state index is 14.3. The number of amides is 2. The van der Waals surface area contributed by atoms with Crippen molar-refractivity contribution >= 4 is 27.7 Å². The molecule has 4 aliphatic rings. The summed E-state index contributed by atoms with van der Waals surface area (Å²) in [6.45, 7) is 1.12. The van der Waals surface area contributed by atoms with Crippen LogP contribution in [0.5, 0.6) is 0 Å². The molecule has 168 valence electrons. The fourth-order valence-electron chi connectivity index (χ4n) is 5.03. The van der Waals surface area contributed by atoms with Gasteiger partial charge in [-0.25, -0.2) is 13.2 Å². The van der Waals surface area contributed by atoms with Crippen LogP contribution < -0.4 is 5.32 Å². The van der Waals surface area contributed by atoms with E-state index in [9.17, 15) is 22.8 Å². The third-order valence-electron chi connectivity index (χ3n) is 7.62. The number of benzene rings is 1. The molecule has 2 aliphatic carbocycles. The summed E-state index contributed by atoms with van der Waals surface area (Å²) in [5, 5.41) is 2.91. The molecule has 5 rings (SSSR count). The summed E-state index contributed by atoms with van der Waals surface area (Å²) in [6.07, 6.45) is 1.71. The molecule has 2 saturated heterocycles. The van der Waals surface area contributed by atoms with E-state index < -0.39 is 28.6 Å². The molecule has 1 spiro atoms. The molecular formula is C22H24BrF3N2O3. The molecule has 9 heteroatoms. The Bertz CT molecular complexity index is 925. The molecule has 0 bridgehead atoms. The Kier molecular flexibility index (Phi) is 4.93. The number of piperidine rings is 1. The van der Waals surface area contributed by atoms with Gasteiger partial charge in [-0.05, 0) is 59.3 Å². The van der Waals surface area contributed by atoms with Gasteiger partial charge in [0.05, 0.1) is 23.6 Å². The number of nitrogens with zero attached hydrogens (tertiary/aromatic N) is 1. The Hall–Kier alpha value is -1.61. The number of halogens is 4. The average Bonchev–Trinajstić information content (AvgIpc) is 3.57. The van der Waals surface area contributed by atoms with E-state index in [1.807, 2.05) is 0 Å². The van der Waals surface area contributed by atoms with Gasteiger partial charge in [-0.3, -0.25) is 9.59 Å². The molecule has 2 aliphatic heterocycles. The minimum atomic E-state index is -2.63. The first-order valence-electron chi connectivity index (χ1n) is 10.7. The monoisotopic (exact) mass is 500 g/mol. The molecule has 1 aromatic carbocycles. The van der Waals surface area contributed by atoms with E-state index in [1.165, 1.54) is 6.07 Å². The lowest BCUT2D eigenvalue weighted by Crippen LogP contribution is -2.58. The third-order valence-corrected chi connectivity index (χ3v) is 8.26. The maximum atomic E-state index is 14.3. The van der Waals surface area contributed by atoms with Crippen LogP contribution in [0.25, 0.3) is 0 Å². The van der Waals surface area contributed by atoms with Gasteiger partial charge in [0.1, 0.15) is 11.9 Å². The second-order valence-corrected chi connectivity index (χ2v) is 10.3. The molecule has 1 aromatic rings. The summed E-state index contributed by atoms with van der Waals surface area (Å²) >= 11 is 3.15. The van der Waals surface area contributed by atoms with Crippen LogP contribution in [-0.2, 0) is 19.7 Å². The van der Waals surface area contributed by atoms with Crippen molar-refractivity contribution in [1.29, 1.82) is 0 Å². The van der Waals surface area contributed by atoms with E-state index in [1.54, 1.807) is 17.0 Å².